The van der Waals surface area contributed by atoms with Gasteiger partial charge in [-0.15, -0.1) is 0 Å². The molecule has 1 aromatic rings. The van der Waals surface area contributed by atoms with Crippen LogP contribution in [0.15, 0.2) is 12.1 Å². The predicted octanol–water partition coefficient (Wildman–Crippen LogP) is 2.43. The second kappa shape index (κ2) is 5.46. The zero-order valence-corrected chi connectivity index (χ0v) is 11.5. The summed E-state index contributed by atoms with van der Waals surface area (Å²) in [6.07, 6.45) is 0. The van der Waals surface area contributed by atoms with Gasteiger partial charge in [0.2, 0.25) is 0 Å². The summed E-state index contributed by atoms with van der Waals surface area (Å²) in [7, 11) is 8.45. The Morgan fingerprint density at radius 2 is 1.06 bits per heavy atom. The summed E-state index contributed by atoms with van der Waals surface area (Å²) >= 11 is 0. The molecule has 1 rings (SSSR count). The molecule has 0 N–H and O–H groups in total. The Bertz CT molecular complexity index is 318. The van der Waals surface area contributed by atoms with Gasteiger partial charge in [-0.1, -0.05) is 12.1 Å². The van der Waals surface area contributed by atoms with Gasteiger partial charge >= 0.3 is 0 Å². The lowest BCUT2D eigenvalue weighted by molar-refractivity contribution is 0.397. The molecule has 0 aromatic heterocycles. The Balaban J connectivity index is 2.97. The Hall–Kier alpha value is -0.860. The van der Waals surface area contributed by atoms with Crippen LogP contribution in [0.4, 0.5) is 0 Å². The van der Waals surface area contributed by atoms with Crippen LogP contribution in [0.2, 0.25) is 0 Å². The van der Waals surface area contributed by atoms with Gasteiger partial charge in [-0.05, 0) is 64.3 Å². The van der Waals surface area contributed by atoms with Crippen molar-refractivity contribution >= 4 is 0 Å². The maximum absolute atomic E-state index is 2.33. The normalized spacial score (nSPS) is 11.5. The van der Waals surface area contributed by atoms with E-state index in [0.717, 1.165) is 13.1 Å². The Kier molecular flexibility index (Phi) is 4.51. The molecule has 90 valence electrons. The molecule has 2 heteroatoms. The van der Waals surface area contributed by atoms with Gasteiger partial charge in [0.1, 0.15) is 0 Å². The first-order chi connectivity index (χ1) is 7.40. The van der Waals surface area contributed by atoms with Gasteiger partial charge in [-0.2, -0.15) is 0 Å². The van der Waals surface area contributed by atoms with E-state index in [2.05, 4.69) is 64.0 Å². The SMILES string of the molecule is Cc1cc(CN(C)C)c(C)cc1CN(C)C. The summed E-state index contributed by atoms with van der Waals surface area (Å²) in [6, 6.07) is 4.66. The molecule has 0 aliphatic rings. The van der Waals surface area contributed by atoms with E-state index in [-0.39, 0.29) is 0 Å². The highest BCUT2D eigenvalue weighted by Crippen LogP contribution is 2.18. The summed E-state index contributed by atoms with van der Waals surface area (Å²) in [4.78, 5) is 4.43. The van der Waals surface area contributed by atoms with Gasteiger partial charge in [0.25, 0.3) is 0 Å². The minimum atomic E-state index is 1.02. The Morgan fingerprint density at radius 1 is 0.750 bits per heavy atom. The topological polar surface area (TPSA) is 6.48 Å². The molecule has 0 bridgehead atoms. The summed E-state index contributed by atoms with van der Waals surface area (Å²) in [5.41, 5.74) is 5.67. The van der Waals surface area contributed by atoms with E-state index in [1.54, 1.807) is 0 Å². The molecule has 0 heterocycles. The summed E-state index contributed by atoms with van der Waals surface area (Å²) in [5.74, 6) is 0. The molecule has 0 radical (unpaired) electrons. The van der Waals surface area contributed by atoms with Crippen LogP contribution in [0.5, 0.6) is 0 Å². The van der Waals surface area contributed by atoms with Crippen molar-refractivity contribution in [1.82, 2.24) is 9.80 Å². The minimum Gasteiger partial charge on any atom is -0.305 e. The van der Waals surface area contributed by atoms with Crippen LogP contribution < -0.4 is 0 Å². The van der Waals surface area contributed by atoms with E-state index in [4.69, 9.17) is 0 Å². The molecule has 0 amide bonds. The Labute approximate surface area is 99.9 Å². The van der Waals surface area contributed by atoms with Crippen molar-refractivity contribution < 1.29 is 0 Å². The van der Waals surface area contributed by atoms with Crippen LogP contribution in [0.3, 0.4) is 0 Å². The molecule has 0 atom stereocenters. The molecule has 0 saturated carbocycles. The van der Waals surface area contributed by atoms with Crippen molar-refractivity contribution in [2.75, 3.05) is 28.2 Å². The minimum absolute atomic E-state index is 1.02. The molecule has 0 fully saturated rings. The molecule has 0 aliphatic carbocycles. The molecular formula is C14H24N2. The summed E-state index contributed by atoms with van der Waals surface area (Å²) in [5, 5.41) is 0. The number of rotatable bonds is 4. The van der Waals surface area contributed by atoms with E-state index < -0.39 is 0 Å². The number of hydrogen-bond donors (Lipinski definition) is 0. The molecule has 0 spiro atoms. The zero-order valence-electron chi connectivity index (χ0n) is 11.5. The molecule has 0 saturated heterocycles. The largest absolute Gasteiger partial charge is 0.305 e. The van der Waals surface area contributed by atoms with Crippen LogP contribution in [-0.4, -0.2) is 38.0 Å². The fraction of sp³-hybridized carbons (Fsp3) is 0.571. The number of benzene rings is 1. The molecule has 16 heavy (non-hydrogen) atoms. The van der Waals surface area contributed by atoms with Crippen molar-refractivity contribution in [2.45, 2.75) is 26.9 Å². The third-order valence-corrected chi connectivity index (χ3v) is 2.77. The lowest BCUT2D eigenvalue weighted by Crippen LogP contribution is -2.14. The van der Waals surface area contributed by atoms with Crippen molar-refractivity contribution in [3.63, 3.8) is 0 Å². The number of hydrogen-bond acceptors (Lipinski definition) is 2. The average molecular weight is 220 g/mol. The molecule has 1 aromatic carbocycles. The van der Waals surface area contributed by atoms with Gasteiger partial charge in [-0.3, -0.25) is 0 Å². The Morgan fingerprint density at radius 3 is 1.31 bits per heavy atom. The predicted molar refractivity (Wildman–Crippen MR) is 70.7 cm³/mol. The van der Waals surface area contributed by atoms with Crippen molar-refractivity contribution in [2.24, 2.45) is 0 Å². The van der Waals surface area contributed by atoms with Gasteiger partial charge in [-0.25, -0.2) is 0 Å². The maximum Gasteiger partial charge on any atom is 0.0230 e. The zero-order chi connectivity index (χ0) is 12.3. The number of nitrogens with zero attached hydrogens (tertiary/aromatic N) is 2. The highest BCUT2D eigenvalue weighted by molar-refractivity contribution is 5.37. The third-order valence-electron chi connectivity index (χ3n) is 2.77. The molecule has 2 nitrogen and oxygen atoms in total. The highest BCUT2D eigenvalue weighted by Gasteiger charge is 2.06. The quantitative estimate of drug-likeness (QED) is 0.769. The van der Waals surface area contributed by atoms with Gasteiger partial charge in [0.05, 0.1) is 0 Å². The van der Waals surface area contributed by atoms with Crippen molar-refractivity contribution in [3.05, 3.63) is 34.4 Å². The van der Waals surface area contributed by atoms with Crippen LogP contribution in [0.25, 0.3) is 0 Å². The first kappa shape index (κ1) is 13.2. The monoisotopic (exact) mass is 220 g/mol. The van der Waals surface area contributed by atoms with Crippen molar-refractivity contribution in [3.8, 4) is 0 Å². The van der Waals surface area contributed by atoms with Crippen LogP contribution in [0.1, 0.15) is 22.3 Å². The van der Waals surface area contributed by atoms with Crippen LogP contribution in [0, 0.1) is 13.8 Å². The lowest BCUT2D eigenvalue weighted by atomic mass is 9.99. The summed E-state index contributed by atoms with van der Waals surface area (Å²) < 4.78 is 0. The van der Waals surface area contributed by atoms with E-state index in [0.29, 0.717) is 0 Å². The molecular weight excluding hydrogens is 196 g/mol. The van der Waals surface area contributed by atoms with E-state index >= 15 is 0 Å². The first-order valence-electron chi connectivity index (χ1n) is 5.78. The third kappa shape index (κ3) is 3.62. The smallest absolute Gasteiger partial charge is 0.0230 e. The van der Waals surface area contributed by atoms with Gasteiger partial charge < -0.3 is 9.80 Å². The second-order valence-electron chi connectivity index (χ2n) is 5.18. The fourth-order valence-corrected chi connectivity index (χ4v) is 1.96. The highest BCUT2D eigenvalue weighted by atomic mass is 15.1. The van der Waals surface area contributed by atoms with E-state index in [1.165, 1.54) is 22.3 Å². The fourth-order valence-electron chi connectivity index (χ4n) is 1.96. The van der Waals surface area contributed by atoms with Crippen LogP contribution >= 0.6 is 0 Å². The maximum atomic E-state index is 2.33. The van der Waals surface area contributed by atoms with Crippen molar-refractivity contribution in [1.29, 1.82) is 0 Å². The van der Waals surface area contributed by atoms with Gasteiger partial charge in [0.15, 0.2) is 0 Å². The van der Waals surface area contributed by atoms with Gasteiger partial charge in [0, 0.05) is 13.1 Å². The second-order valence-corrected chi connectivity index (χ2v) is 5.18. The lowest BCUT2D eigenvalue weighted by Gasteiger charge is -2.17. The number of aryl methyl sites for hydroxylation is 2. The molecule has 0 unspecified atom stereocenters. The average Bonchev–Trinajstić information content (AvgIpc) is 2.11. The standard InChI is InChI=1S/C14H24N2/c1-11-7-14(10-16(5)6)12(2)8-13(11)9-15(3)4/h7-8H,9-10H2,1-6H3. The van der Waals surface area contributed by atoms with Crippen LogP contribution in [-0.2, 0) is 13.1 Å². The van der Waals surface area contributed by atoms with E-state index in [1.807, 2.05) is 0 Å². The van der Waals surface area contributed by atoms with E-state index in [9.17, 15) is 0 Å². The summed E-state index contributed by atoms with van der Waals surface area (Å²) in [6.45, 7) is 6.46. The molecule has 0 aliphatic heterocycles. The first-order valence-corrected chi connectivity index (χ1v) is 5.78.